The van der Waals surface area contributed by atoms with Crippen molar-refractivity contribution < 1.29 is 14.6 Å². The van der Waals surface area contributed by atoms with Crippen LogP contribution >= 0.6 is 0 Å². The second kappa shape index (κ2) is 7.97. The first-order valence-electron chi connectivity index (χ1n) is 6.30. The van der Waals surface area contributed by atoms with E-state index in [0.29, 0.717) is 17.9 Å². The molecule has 106 valence electrons. The van der Waals surface area contributed by atoms with E-state index < -0.39 is 6.10 Å². The molecule has 0 heterocycles. The molecule has 0 aliphatic heterocycles. The van der Waals surface area contributed by atoms with Gasteiger partial charge in [0.05, 0.1) is 12.2 Å². The van der Waals surface area contributed by atoms with E-state index in [9.17, 15) is 4.79 Å². The zero-order chi connectivity index (χ0) is 15.0. The van der Waals surface area contributed by atoms with Crippen LogP contribution in [0.15, 0.2) is 36.9 Å². The number of hydrogen-bond acceptors (Lipinski definition) is 4. The van der Waals surface area contributed by atoms with E-state index in [1.165, 1.54) is 4.90 Å². The summed E-state index contributed by atoms with van der Waals surface area (Å²) in [5.41, 5.74) is 0.379. The summed E-state index contributed by atoms with van der Waals surface area (Å²) in [6.07, 6.45) is 0.847. The van der Waals surface area contributed by atoms with E-state index in [2.05, 4.69) is 6.58 Å². The molecule has 0 bridgehead atoms. The van der Waals surface area contributed by atoms with Crippen molar-refractivity contribution in [2.75, 3.05) is 19.7 Å². The number of aliphatic hydroxyl groups is 1. The molecule has 5 nitrogen and oxygen atoms in total. The Morgan fingerprint density at radius 1 is 1.60 bits per heavy atom. The Kier molecular flexibility index (Phi) is 6.27. The van der Waals surface area contributed by atoms with Crippen molar-refractivity contribution in [1.29, 1.82) is 5.26 Å². The number of aliphatic hydroxyl groups excluding tert-OH is 1. The van der Waals surface area contributed by atoms with Crippen molar-refractivity contribution in [2.45, 2.75) is 13.0 Å². The number of nitriles is 1. The van der Waals surface area contributed by atoms with Gasteiger partial charge in [0.15, 0.2) is 6.10 Å². The predicted molar refractivity (Wildman–Crippen MR) is 75.1 cm³/mol. The molecule has 0 radical (unpaired) electrons. The molecule has 1 aromatic carbocycles. The lowest BCUT2D eigenvalue weighted by Gasteiger charge is -2.24. The maximum absolute atomic E-state index is 12.2. The molecule has 0 aliphatic carbocycles. The van der Waals surface area contributed by atoms with E-state index in [4.69, 9.17) is 15.1 Å². The molecule has 0 aliphatic rings. The molecule has 5 heteroatoms. The van der Waals surface area contributed by atoms with Gasteiger partial charge in [-0.3, -0.25) is 4.79 Å². The molecular weight excluding hydrogens is 256 g/mol. The largest absolute Gasteiger partial charge is 0.480 e. The SMILES string of the molecule is C=CCN(CCO)C(=O)C(C)Oc1ccccc1C#N. The van der Waals surface area contributed by atoms with Crippen LogP contribution < -0.4 is 4.74 Å². The summed E-state index contributed by atoms with van der Waals surface area (Å²) in [4.78, 5) is 13.6. The molecule has 1 aromatic rings. The van der Waals surface area contributed by atoms with E-state index in [0.717, 1.165) is 0 Å². The number of amides is 1. The van der Waals surface area contributed by atoms with Gasteiger partial charge in [-0.15, -0.1) is 6.58 Å². The number of para-hydroxylation sites is 1. The van der Waals surface area contributed by atoms with Crippen molar-refractivity contribution in [3.05, 3.63) is 42.5 Å². The number of benzene rings is 1. The van der Waals surface area contributed by atoms with Crippen molar-refractivity contribution in [3.8, 4) is 11.8 Å². The number of carbonyl (C=O) groups is 1. The maximum Gasteiger partial charge on any atom is 0.263 e. The van der Waals surface area contributed by atoms with E-state index in [1.807, 2.05) is 6.07 Å². The van der Waals surface area contributed by atoms with Gasteiger partial charge in [0.1, 0.15) is 11.8 Å². The third kappa shape index (κ3) is 4.11. The Bertz CT molecular complexity index is 508. The van der Waals surface area contributed by atoms with Gasteiger partial charge in [0, 0.05) is 13.1 Å². The van der Waals surface area contributed by atoms with Crippen LogP contribution in [-0.4, -0.2) is 41.7 Å². The maximum atomic E-state index is 12.2. The van der Waals surface area contributed by atoms with Crippen LogP contribution in [0.5, 0.6) is 5.75 Å². The van der Waals surface area contributed by atoms with Gasteiger partial charge in [-0.1, -0.05) is 18.2 Å². The molecule has 0 aromatic heterocycles. The average molecular weight is 274 g/mol. The fourth-order valence-electron chi connectivity index (χ4n) is 1.73. The molecule has 1 atom stereocenters. The second-order valence-corrected chi connectivity index (χ2v) is 4.16. The number of nitrogens with zero attached hydrogens (tertiary/aromatic N) is 2. The molecule has 0 saturated carbocycles. The molecule has 1 N–H and O–H groups in total. The first kappa shape index (κ1) is 15.7. The summed E-state index contributed by atoms with van der Waals surface area (Å²) in [5.74, 6) is 0.116. The summed E-state index contributed by atoms with van der Waals surface area (Å²) in [7, 11) is 0. The summed E-state index contributed by atoms with van der Waals surface area (Å²) in [6.45, 7) is 5.63. The Morgan fingerprint density at radius 3 is 2.90 bits per heavy atom. The van der Waals surface area contributed by atoms with Crippen molar-refractivity contribution in [1.82, 2.24) is 4.90 Å². The monoisotopic (exact) mass is 274 g/mol. The van der Waals surface area contributed by atoms with Crippen LogP contribution in [0.2, 0.25) is 0 Å². The third-order valence-electron chi connectivity index (χ3n) is 2.69. The molecule has 20 heavy (non-hydrogen) atoms. The van der Waals surface area contributed by atoms with Crippen molar-refractivity contribution >= 4 is 5.91 Å². The van der Waals surface area contributed by atoms with Crippen LogP contribution in [0.3, 0.4) is 0 Å². The molecule has 0 fully saturated rings. The standard InChI is InChI=1S/C15H18N2O3/c1-3-8-17(9-10-18)15(19)12(2)20-14-7-5-4-6-13(14)11-16/h3-7,12,18H,1,8-10H2,2H3. The topological polar surface area (TPSA) is 73.6 Å². The number of carbonyl (C=O) groups excluding carboxylic acids is 1. The highest BCUT2D eigenvalue weighted by atomic mass is 16.5. The molecule has 1 rings (SSSR count). The van der Waals surface area contributed by atoms with Gasteiger partial charge in [0.25, 0.3) is 5.91 Å². The smallest absolute Gasteiger partial charge is 0.263 e. The molecular formula is C15H18N2O3. The van der Waals surface area contributed by atoms with Gasteiger partial charge in [-0.2, -0.15) is 5.26 Å². The van der Waals surface area contributed by atoms with Gasteiger partial charge < -0.3 is 14.7 Å². The van der Waals surface area contributed by atoms with Gasteiger partial charge in [0.2, 0.25) is 0 Å². The first-order chi connectivity index (χ1) is 9.63. The van der Waals surface area contributed by atoms with Crippen LogP contribution in [0.4, 0.5) is 0 Å². The minimum absolute atomic E-state index is 0.124. The minimum atomic E-state index is -0.740. The highest BCUT2D eigenvalue weighted by Gasteiger charge is 2.21. The van der Waals surface area contributed by atoms with Gasteiger partial charge >= 0.3 is 0 Å². The summed E-state index contributed by atoms with van der Waals surface area (Å²) >= 11 is 0. The average Bonchev–Trinajstić information content (AvgIpc) is 2.46. The molecule has 0 saturated heterocycles. The van der Waals surface area contributed by atoms with Crippen LogP contribution in [0, 0.1) is 11.3 Å². The van der Waals surface area contributed by atoms with Crippen LogP contribution in [0.25, 0.3) is 0 Å². The normalized spacial score (nSPS) is 11.2. The lowest BCUT2D eigenvalue weighted by Crippen LogP contribution is -2.42. The van der Waals surface area contributed by atoms with E-state index >= 15 is 0 Å². The Balaban J connectivity index is 2.78. The summed E-state index contributed by atoms with van der Waals surface area (Å²) < 4.78 is 5.54. The fraction of sp³-hybridized carbons (Fsp3) is 0.333. The summed E-state index contributed by atoms with van der Waals surface area (Å²) in [5, 5.41) is 17.9. The Labute approximate surface area is 118 Å². The minimum Gasteiger partial charge on any atom is -0.480 e. The lowest BCUT2D eigenvalue weighted by atomic mass is 10.2. The second-order valence-electron chi connectivity index (χ2n) is 4.16. The Hall–Kier alpha value is -2.32. The Morgan fingerprint density at radius 2 is 2.30 bits per heavy atom. The summed E-state index contributed by atoms with van der Waals surface area (Å²) in [6, 6.07) is 8.75. The van der Waals surface area contributed by atoms with Crippen molar-refractivity contribution in [2.24, 2.45) is 0 Å². The molecule has 1 amide bonds. The zero-order valence-corrected chi connectivity index (χ0v) is 11.5. The fourth-order valence-corrected chi connectivity index (χ4v) is 1.73. The number of rotatable bonds is 7. The molecule has 0 spiro atoms. The lowest BCUT2D eigenvalue weighted by molar-refractivity contribution is -0.137. The quantitative estimate of drug-likeness (QED) is 0.761. The third-order valence-corrected chi connectivity index (χ3v) is 2.69. The van der Waals surface area contributed by atoms with Gasteiger partial charge in [-0.25, -0.2) is 0 Å². The highest BCUT2D eigenvalue weighted by Crippen LogP contribution is 2.18. The van der Waals surface area contributed by atoms with Crippen molar-refractivity contribution in [3.63, 3.8) is 0 Å². The molecule has 1 unspecified atom stereocenters. The van der Waals surface area contributed by atoms with Crippen LogP contribution in [0.1, 0.15) is 12.5 Å². The first-order valence-corrected chi connectivity index (χ1v) is 6.30. The number of hydrogen-bond donors (Lipinski definition) is 1. The zero-order valence-electron chi connectivity index (χ0n) is 11.5. The van der Waals surface area contributed by atoms with Gasteiger partial charge in [-0.05, 0) is 19.1 Å². The number of ether oxygens (including phenoxy) is 1. The highest BCUT2D eigenvalue weighted by molar-refractivity contribution is 5.81. The van der Waals surface area contributed by atoms with E-state index in [1.54, 1.807) is 37.3 Å². The predicted octanol–water partition coefficient (Wildman–Crippen LogP) is 1.33. The van der Waals surface area contributed by atoms with E-state index in [-0.39, 0.29) is 19.1 Å². The van der Waals surface area contributed by atoms with Crippen LogP contribution in [-0.2, 0) is 4.79 Å².